The molecule has 0 aliphatic carbocycles. The summed E-state index contributed by atoms with van der Waals surface area (Å²) in [7, 11) is 1.32. The zero-order valence-corrected chi connectivity index (χ0v) is 15.9. The van der Waals surface area contributed by atoms with E-state index in [-0.39, 0.29) is 11.9 Å². The number of benzene rings is 2. The fourth-order valence-electron chi connectivity index (χ4n) is 3.01. The standard InChI is InChI=1S/C23H22N2O3/c1-17(21-13-6-7-14-24-21)25(16-18-9-4-3-5-10-18)22(26)19-11-8-12-20(15-19)23(27)28-2/h3-15,17H,16H2,1-2H3. The van der Waals surface area contributed by atoms with Gasteiger partial charge in [0.15, 0.2) is 0 Å². The van der Waals surface area contributed by atoms with Crippen molar-refractivity contribution in [1.82, 2.24) is 9.88 Å². The average Bonchev–Trinajstić information content (AvgIpc) is 2.77. The Labute approximate surface area is 164 Å². The molecule has 1 unspecified atom stereocenters. The van der Waals surface area contributed by atoms with Crippen LogP contribution in [0.5, 0.6) is 0 Å². The number of rotatable bonds is 6. The molecule has 0 saturated carbocycles. The van der Waals surface area contributed by atoms with Gasteiger partial charge in [0, 0.05) is 18.3 Å². The van der Waals surface area contributed by atoms with Crippen LogP contribution in [0.15, 0.2) is 79.0 Å². The summed E-state index contributed by atoms with van der Waals surface area (Å²) in [6, 6.07) is 21.8. The Morgan fingerprint density at radius 3 is 2.36 bits per heavy atom. The highest BCUT2D eigenvalue weighted by Gasteiger charge is 2.24. The van der Waals surface area contributed by atoms with Crippen molar-refractivity contribution >= 4 is 11.9 Å². The van der Waals surface area contributed by atoms with E-state index in [2.05, 4.69) is 4.98 Å². The van der Waals surface area contributed by atoms with Gasteiger partial charge in [0.2, 0.25) is 0 Å². The second-order valence-corrected chi connectivity index (χ2v) is 6.42. The zero-order valence-electron chi connectivity index (χ0n) is 15.9. The summed E-state index contributed by atoms with van der Waals surface area (Å²) in [5.41, 5.74) is 2.60. The van der Waals surface area contributed by atoms with Crippen molar-refractivity contribution in [2.75, 3.05) is 7.11 Å². The molecule has 1 aromatic heterocycles. The third-order valence-corrected chi connectivity index (χ3v) is 4.57. The molecule has 28 heavy (non-hydrogen) atoms. The van der Waals surface area contributed by atoms with Gasteiger partial charge in [0.05, 0.1) is 24.4 Å². The molecule has 1 amide bonds. The number of hydrogen-bond acceptors (Lipinski definition) is 4. The highest BCUT2D eigenvalue weighted by atomic mass is 16.5. The van der Waals surface area contributed by atoms with E-state index in [1.807, 2.05) is 55.5 Å². The molecule has 3 rings (SSSR count). The third kappa shape index (κ3) is 4.43. The lowest BCUT2D eigenvalue weighted by Crippen LogP contribution is -2.33. The number of methoxy groups -OCH3 is 1. The van der Waals surface area contributed by atoms with Crippen LogP contribution in [0.1, 0.15) is 44.9 Å². The van der Waals surface area contributed by atoms with Crippen LogP contribution < -0.4 is 0 Å². The molecule has 2 aromatic carbocycles. The number of amides is 1. The molecular formula is C23H22N2O3. The van der Waals surface area contributed by atoms with Crippen LogP contribution in [-0.2, 0) is 11.3 Å². The normalized spacial score (nSPS) is 11.5. The van der Waals surface area contributed by atoms with Gasteiger partial charge in [-0.05, 0) is 42.8 Å². The summed E-state index contributed by atoms with van der Waals surface area (Å²) in [5, 5.41) is 0. The predicted molar refractivity (Wildman–Crippen MR) is 107 cm³/mol. The smallest absolute Gasteiger partial charge is 0.337 e. The maximum atomic E-state index is 13.4. The number of ether oxygens (including phenoxy) is 1. The molecule has 5 heteroatoms. The van der Waals surface area contributed by atoms with Crippen LogP contribution in [0.3, 0.4) is 0 Å². The van der Waals surface area contributed by atoms with Crippen molar-refractivity contribution in [3.63, 3.8) is 0 Å². The van der Waals surface area contributed by atoms with E-state index in [0.29, 0.717) is 17.7 Å². The number of pyridine rings is 1. The Kier molecular flexibility index (Phi) is 6.17. The molecule has 0 radical (unpaired) electrons. The largest absolute Gasteiger partial charge is 0.465 e. The maximum Gasteiger partial charge on any atom is 0.337 e. The third-order valence-electron chi connectivity index (χ3n) is 4.57. The Morgan fingerprint density at radius 1 is 0.964 bits per heavy atom. The summed E-state index contributed by atoms with van der Waals surface area (Å²) >= 11 is 0. The van der Waals surface area contributed by atoms with Gasteiger partial charge in [-0.25, -0.2) is 4.79 Å². The van der Waals surface area contributed by atoms with Crippen molar-refractivity contribution in [3.8, 4) is 0 Å². The lowest BCUT2D eigenvalue weighted by molar-refractivity contribution is 0.0600. The second-order valence-electron chi connectivity index (χ2n) is 6.42. The zero-order chi connectivity index (χ0) is 19.9. The minimum Gasteiger partial charge on any atom is -0.465 e. The van der Waals surface area contributed by atoms with Crippen molar-refractivity contribution in [3.05, 3.63) is 101 Å². The molecule has 3 aromatic rings. The summed E-state index contributed by atoms with van der Waals surface area (Å²) in [5.74, 6) is -0.644. The van der Waals surface area contributed by atoms with Crippen LogP contribution in [0.2, 0.25) is 0 Å². The molecule has 0 saturated heterocycles. The SMILES string of the molecule is COC(=O)c1cccc(C(=O)N(Cc2ccccc2)C(C)c2ccccn2)c1. The van der Waals surface area contributed by atoms with Crippen molar-refractivity contribution in [1.29, 1.82) is 0 Å². The Morgan fingerprint density at radius 2 is 1.68 bits per heavy atom. The van der Waals surface area contributed by atoms with Gasteiger partial charge >= 0.3 is 5.97 Å². The molecule has 142 valence electrons. The number of nitrogens with zero attached hydrogens (tertiary/aromatic N) is 2. The van der Waals surface area contributed by atoms with Gasteiger partial charge in [-0.15, -0.1) is 0 Å². The predicted octanol–water partition coefficient (Wildman–Crippen LogP) is 4.27. The fraction of sp³-hybridized carbons (Fsp3) is 0.174. The minimum absolute atomic E-state index is 0.173. The summed E-state index contributed by atoms with van der Waals surface area (Å²) in [6.07, 6.45) is 1.72. The molecule has 0 aliphatic heterocycles. The molecule has 0 spiro atoms. The Balaban J connectivity index is 1.96. The molecule has 0 bridgehead atoms. The van der Waals surface area contributed by atoms with E-state index >= 15 is 0 Å². The average molecular weight is 374 g/mol. The van der Waals surface area contributed by atoms with Crippen LogP contribution in [0, 0.1) is 0 Å². The van der Waals surface area contributed by atoms with E-state index < -0.39 is 5.97 Å². The highest BCUT2D eigenvalue weighted by molar-refractivity contribution is 5.98. The Hall–Kier alpha value is -3.47. The number of esters is 1. The van der Waals surface area contributed by atoms with Crippen LogP contribution in [0.25, 0.3) is 0 Å². The van der Waals surface area contributed by atoms with Crippen LogP contribution in [-0.4, -0.2) is 28.9 Å². The summed E-state index contributed by atoms with van der Waals surface area (Å²) in [6.45, 7) is 2.38. The molecular weight excluding hydrogens is 352 g/mol. The van der Waals surface area contributed by atoms with Gasteiger partial charge < -0.3 is 9.64 Å². The molecule has 1 atom stereocenters. The maximum absolute atomic E-state index is 13.4. The van der Waals surface area contributed by atoms with Gasteiger partial charge in [0.1, 0.15) is 0 Å². The van der Waals surface area contributed by atoms with Crippen LogP contribution in [0.4, 0.5) is 0 Å². The van der Waals surface area contributed by atoms with Crippen molar-refractivity contribution in [2.45, 2.75) is 19.5 Å². The lowest BCUT2D eigenvalue weighted by Gasteiger charge is -2.29. The van der Waals surface area contributed by atoms with Gasteiger partial charge in [-0.1, -0.05) is 42.5 Å². The lowest BCUT2D eigenvalue weighted by atomic mass is 10.1. The van der Waals surface area contributed by atoms with Crippen molar-refractivity contribution < 1.29 is 14.3 Å². The molecule has 0 fully saturated rings. The topological polar surface area (TPSA) is 59.5 Å². The molecule has 0 N–H and O–H groups in total. The van der Waals surface area contributed by atoms with E-state index in [1.165, 1.54) is 7.11 Å². The first-order chi connectivity index (χ1) is 13.6. The molecule has 1 heterocycles. The number of carbonyl (C=O) groups is 2. The molecule has 0 aliphatic rings. The quantitative estimate of drug-likeness (QED) is 0.605. The number of hydrogen-bond donors (Lipinski definition) is 0. The van der Waals surface area contributed by atoms with E-state index in [4.69, 9.17) is 4.74 Å². The summed E-state index contributed by atoms with van der Waals surface area (Å²) < 4.78 is 4.77. The second kappa shape index (κ2) is 8.95. The van der Waals surface area contributed by atoms with Gasteiger partial charge in [-0.3, -0.25) is 9.78 Å². The van der Waals surface area contributed by atoms with Gasteiger partial charge in [0.25, 0.3) is 5.91 Å². The van der Waals surface area contributed by atoms with Crippen LogP contribution >= 0.6 is 0 Å². The van der Waals surface area contributed by atoms with E-state index in [0.717, 1.165) is 11.3 Å². The summed E-state index contributed by atoms with van der Waals surface area (Å²) in [4.78, 5) is 31.4. The van der Waals surface area contributed by atoms with E-state index in [1.54, 1.807) is 35.4 Å². The first-order valence-corrected chi connectivity index (χ1v) is 9.04. The number of aromatic nitrogens is 1. The molecule has 5 nitrogen and oxygen atoms in total. The van der Waals surface area contributed by atoms with Crippen molar-refractivity contribution in [2.24, 2.45) is 0 Å². The fourth-order valence-corrected chi connectivity index (χ4v) is 3.01. The first-order valence-electron chi connectivity index (χ1n) is 9.04. The minimum atomic E-state index is -0.470. The van der Waals surface area contributed by atoms with E-state index in [9.17, 15) is 9.59 Å². The number of carbonyl (C=O) groups excluding carboxylic acids is 2. The monoisotopic (exact) mass is 374 g/mol. The van der Waals surface area contributed by atoms with Gasteiger partial charge in [-0.2, -0.15) is 0 Å². The highest BCUT2D eigenvalue weighted by Crippen LogP contribution is 2.23. The Bertz CT molecular complexity index is 942. The first kappa shape index (κ1) is 19.3.